The minimum absolute atomic E-state index is 0.174. The predicted molar refractivity (Wildman–Crippen MR) is 109 cm³/mol. The first-order chi connectivity index (χ1) is 13.2. The Kier molecular flexibility index (Phi) is 5.76. The molecule has 2 aromatic carbocycles. The van der Waals surface area contributed by atoms with Gasteiger partial charge in [0.25, 0.3) is 11.8 Å². The molecule has 0 atom stereocenters. The molecule has 148 valence electrons. The molecule has 0 radical (unpaired) electrons. The van der Waals surface area contributed by atoms with Gasteiger partial charge in [0.15, 0.2) is 9.84 Å². The first kappa shape index (κ1) is 20.4. The third kappa shape index (κ3) is 4.54. The Labute approximate surface area is 169 Å². The van der Waals surface area contributed by atoms with E-state index in [2.05, 4.69) is 10.6 Å². The van der Waals surface area contributed by atoms with Crippen molar-refractivity contribution >= 4 is 38.9 Å². The molecule has 1 saturated carbocycles. The highest BCUT2D eigenvalue weighted by Gasteiger charge is 2.25. The van der Waals surface area contributed by atoms with Gasteiger partial charge >= 0.3 is 0 Å². The van der Waals surface area contributed by atoms with E-state index < -0.39 is 21.0 Å². The highest BCUT2D eigenvalue weighted by Crippen LogP contribution is 2.24. The maximum absolute atomic E-state index is 12.4. The summed E-state index contributed by atoms with van der Waals surface area (Å²) in [4.78, 5) is 24.7. The van der Waals surface area contributed by atoms with Gasteiger partial charge in [-0.15, -0.1) is 0 Å². The van der Waals surface area contributed by atoms with Crippen molar-refractivity contribution in [2.75, 3.05) is 5.32 Å². The van der Waals surface area contributed by atoms with Crippen molar-refractivity contribution in [2.24, 2.45) is 0 Å². The smallest absolute Gasteiger partial charge is 0.255 e. The van der Waals surface area contributed by atoms with Crippen molar-refractivity contribution in [2.45, 2.75) is 42.9 Å². The molecule has 1 aliphatic carbocycles. The van der Waals surface area contributed by atoms with Crippen LogP contribution in [0.15, 0.2) is 47.4 Å². The van der Waals surface area contributed by atoms with Crippen molar-refractivity contribution in [3.8, 4) is 0 Å². The third-order valence-corrected chi connectivity index (χ3v) is 6.93. The normalized spacial score (nSPS) is 14.0. The highest BCUT2D eigenvalue weighted by atomic mass is 35.5. The number of carbonyl (C=O) groups excluding carboxylic acids is 2. The summed E-state index contributed by atoms with van der Waals surface area (Å²) in [7, 11) is -3.39. The molecule has 2 N–H and O–H groups in total. The zero-order valence-corrected chi connectivity index (χ0v) is 17.1. The minimum atomic E-state index is -3.39. The van der Waals surface area contributed by atoms with Crippen LogP contribution in [0.25, 0.3) is 0 Å². The van der Waals surface area contributed by atoms with Gasteiger partial charge in [-0.3, -0.25) is 9.59 Å². The van der Waals surface area contributed by atoms with Crippen molar-refractivity contribution in [3.63, 3.8) is 0 Å². The molecule has 0 aromatic heterocycles. The van der Waals surface area contributed by atoms with Crippen LogP contribution in [0.1, 0.15) is 47.4 Å². The first-order valence-corrected chi connectivity index (χ1v) is 10.9. The second-order valence-electron chi connectivity index (χ2n) is 7.01. The lowest BCUT2D eigenvalue weighted by Gasteiger charge is -2.10. The van der Waals surface area contributed by atoms with E-state index in [4.69, 9.17) is 11.6 Å². The summed E-state index contributed by atoms with van der Waals surface area (Å²) in [5.74, 6) is -0.632. The van der Waals surface area contributed by atoms with E-state index in [9.17, 15) is 18.0 Å². The van der Waals surface area contributed by atoms with Crippen LogP contribution in [-0.4, -0.2) is 31.5 Å². The Balaban J connectivity index is 1.70. The first-order valence-electron chi connectivity index (χ1n) is 8.94. The quantitative estimate of drug-likeness (QED) is 0.745. The maximum Gasteiger partial charge on any atom is 0.255 e. The summed E-state index contributed by atoms with van der Waals surface area (Å²) in [6, 6.07) is 10.7. The zero-order valence-electron chi connectivity index (χ0n) is 15.5. The molecule has 1 fully saturated rings. The SMILES string of the molecule is CC(C)S(=O)(=O)c1ccc(C(=O)Nc2ccc(C(=O)NC3CC3)c(Cl)c2)cc1. The van der Waals surface area contributed by atoms with Crippen molar-refractivity contribution in [3.05, 3.63) is 58.6 Å². The standard InChI is InChI=1S/C20H21ClN2O4S/c1-12(2)28(26,27)16-8-3-13(4-9-16)19(24)23-15-7-10-17(18(21)11-15)20(25)22-14-5-6-14/h3-4,7-12,14H,5-6H2,1-2H3,(H,22,25)(H,23,24). The van der Waals surface area contributed by atoms with Gasteiger partial charge in [0.2, 0.25) is 0 Å². The molecule has 1 aliphatic rings. The Morgan fingerprint density at radius 3 is 2.21 bits per heavy atom. The fourth-order valence-electron chi connectivity index (χ4n) is 2.54. The van der Waals surface area contributed by atoms with E-state index in [1.807, 2.05) is 0 Å². The summed E-state index contributed by atoms with van der Waals surface area (Å²) in [5.41, 5.74) is 1.11. The average Bonchev–Trinajstić information content (AvgIpc) is 3.45. The Morgan fingerprint density at radius 1 is 1.04 bits per heavy atom. The number of carbonyl (C=O) groups is 2. The van der Waals surface area contributed by atoms with Gasteiger partial charge in [0.1, 0.15) is 0 Å². The Morgan fingerprint density at radius 2 is 1.68 bits per heavy atom. The predicted octanol–water partition coefficient (Wildman–Crippen LogP) is 3.67. The molecular weight excluding hydrogens is 400 g/mol. The summed E-state index contributed by atoms with van der Waals surface area (Å²) in [6.07, 6.45) is 1.96. The van der Waals surface area contributed by atoms with E-state index in [1.54, 1.807) is 26.0 Å². The largest absolute Gasteiger partial charge is 0.349 e. The summed E-state index contributed by atoms with van der Waals surface area (Å²) in [6.45, 7) is 3.21. The molecule has 0 bridgehead atoms. The number of halogens is 1. The van der Waals surface area contributed by atoms with Crippen LogP contribution < -0.4 is 10.6 Å². The maximum atomic E-state index is 12.4. The molecule has 28 heavy (non-hydrogen) atoms. The van der Waals surface area contributed by atoms with E-state index in [1.165, 1.54) is 30.3 Å². The molecule has 3 rings (SSSR count). The van der Waals surface area contributed by atoms with Gasteiger partial charge in [-0.25, -0.2) is 8.42 Å². The summed E-state index contributed by atoms with van der Waals surface area (Å²) < 4.78 is 24.3. The number of benzene rings is 2. The number of sulfone groups is 1. The fourth-order valence-corrected chi connectivity index (χ4v) is 3.87. The molecule has 8 heteroatoms. The number of hydrogen-bond acceptors (Lipinski definition) is 4. The minimum Gasteiger partial charge on any atom is -0.349 e. The lowest BCUT2D eigenvalue weighted by atomic mass is 10.1. The van der Waals surface area contributed by atoms with Crippen LogP contribution in [0.2, 0.25) is 5.02 Å². The number of rotatable bonds is 6. The fraction of sp³-hybridized carbons (Fsp3) is 0.300. The topological polar surface area (TPSA) is 92.3 Å². The van der Waals surface area contributed by atoms with Crippen LogP contribution in [0.3, 0.4) is 0 Å². The van der Waals surface area contributed by atoms with E-state index in [0.29, 0.717) is 16.8 Å². The Bertz CT molecular complexity index is 1010. The molecule has 0 heterocycles. The molecule has 0 saturated heterocycles. The van der Waals surface area contributed by atoms with Crippen LogP contribution in [-0.2, 0) is 9.84 Å². The van der Waals surface area contributed by atoms with Gasteiger partial charge in [0, 0.05) is 17.3 Å². The molecule has 2 aromatic rings. The molecule has 2 amide bonds. The highest BCUT2D eigenvalue weighted by molar-refractivity contribution is 7.92. The van der Waals surface area contributed by atoms with Crippen molar-refractivity contribution in [1.29, 1.82) is 0 Å². The van der Waals surface area contributed by atoms with E-state index in [0.717, 1.165) is 12.8 Å². The zero-order chi connectivity index (χ0) is 20.5. The van der Waals surface area contributed by atoms with Crippen molar-refractivity contribution in [1.82, 2.24) is 5.32 Å². The second-order valence-corrected chi connectivity index (χ2v) is 9.93. The third-order valence-electron chi connectivity index (χ3n) is 4.45. The number of anilines is 1. The monoisotopic (exact) mass is 420 g/mol. The van der Waals surface area contributed by atoms with Crippen LogP contribution in [0, 0.1) is 0 Å². The molecular formula is C20H21ClN2O4S. The van der Waals surface area contributed by atoms with Gasteiger partial charge in [-0.2, -0.15) is 0 Å². The average molecular weight is 421 g/mol. The Hall–Kier alpha value is -2.38. The van der Waals surface area contributed by atoms with E-state index >= 15 is 0 Å². The lowest BCUT2D eigenvalue weighted by molar-refractivity contribution is 0.0950. The number of amides is 2. The molecule has 0 spiro atoms. The van der Waals surface area contributed by atoms with Crippen LogP contribution in [0.5, 0.6) is 0 Å². The summed E-state index contributed by atoms with van der Waals surface area (Å²) in [5, 5.41) is 5.26. The van der Waals surface area contributed by atoms with Gasteiger partial charge in [0.05, 0.1) is 20.7 Å². The van der Waals surface area contributed by atoms with Crippen LogP contribution in [0.4, 0.5) is 5.69 Å². The van der Waals surface area contributed by atoms with Gasteiger partial charge in [-0.1, -0.05) is 11.6 Å². The van der Waals surface area contributed by atoms with Gasteiger partial charge < -0.3 is 10.6 Å². The van der Waals surface area contributed by atoms with Gasteiger partial charge in [-0.05, 0) is 69.2 Å². The molecule has 0 aliphatic heterocycles. The number of hydrogen-bond donors (Lipinski definition) is 2. The lowest BCUT2D eigenvalue weighted by Crippen LogP contribution is -2.25. The summed E-state index contributed by atoms with van der Waals surface area (Å²) >= 11 is 6.18. The molecule has 6 nitrogen and oxygen atoms in total. The van der Waals surface area contributed by atoms with Crippen molar-refractivity contribution < 1.29 is 18.0 Å². The molecule has 0 unspecified atom stereocenters. The van der Waals surface area contributed by atoms with Crippen LogP contribution >= 0.6 is 11.6 Å². The van der Waals surface area contributed by atoms with E-state index in [-0.39, 0.29) is 21.9 Å². The second kappa shape index (κ2) is 7.93. The number of nitrogens with one attached hydrogen (secondary N) is 2.